The van der Waals surface area contributed by atoms with Crippen molar-refractivity contribution in [1.29, 1.82) is 0 Å². The van der Waals surface area contributed by atoms with E-state index in [9.17, 15) is 51.1 Å². The summed E-state index contributed by atoms with van der Waals surface area (Å²) in [5.41, 5.74) is 0.588. The molecule has 18 heteroatoms. The van der Waals surface area contributed by atoms with Crippen LogP contribution in [0.4, 0.5) is 0 Å². The zero-order valence-electron chi connectivity index (χ0n) is 37.0. The Hall–Kier alpha value is -0.980. The predicted octanol–water partition coefficient (Wildman–Crippen LogP) is -0.671. The highest BCUT2D eigenvalue weighted by molar-refractivity contribution is 5.26. The number of aliphatic hydroxyl groups excluding tert-OH is 10. The van der Waals surface area contributed by atoms with E-state index in [1.165, 1.54) is 12.5 Å². The largest absolute Gasteiger partial charge is 0.394 e. The zero-order valence-corrected chi connectivity index (χ0v) is 37.0. The Balaban J connectivity index is 0.847. The lowest BCUT2D eigenvalue weighted by Gasteiger charge is -2.58. The van der Waals surface area contributed by atoms with Crippen LogP contribution in [0, 0.1) is 40.4 Å². The number of hydrogen-bond acceptors (Lipinski definition) is 18. The first kappa shape index (κ1) is 47.1. The summed E-state index contributed by atoms with van der Waals surface area (Å²) in [5, 5.41) is 104. The van der Waals surface area contributed by atoms with Crippen molar-refractivity contribution < 1.29 is 89.0 Å². The molecule has 26 atom stereocenters. The molecule has 4 aliphatic carbocycles. The first-order chi connectivity index (χ1) is 29.8. The Labute approximate surface area is 368 Å². The summed E-state index contributed by atoms with van der Waals surface area (Å²) < 4.78 is 49.7. The van der Waals surface area contributed by atoms with E-state index in [1.54, 1.807) is 0 Å². The molecule has 63 heavy (non-hydrogen) atoms. The minimum atomic E-state index is -1.65. The topological polar surface area (TPSA) is 276 Å². The van der Waals surface area contributed by atoms with E-state index in [4.69, 9.17) is 37.9 Å². The normalized spacial score (nSPS) is 57.9. The number of hydrogen-bond donors (Lipinski definition) is 10. The average Bonchev–Trinajstić information content (AvgIpc) is 3.86. The average molecular weight is 901 g/mol. The van der Waals surface area contributed by atoms with Gasteiger partial charge in [-0.3, -0.25) is 0 Å². The lowest BCUT2D eigenvalue weighted by molar-refractivity contribution is -0.369. The van der Waals surface area contributed by atoms with Gasteiger partial charge in [0.2, 0.25) is 0 Å². The van der Waals surface area contributed by atoms with Crippen LogP contribution in [0.2, 0.25) is 0 Å². The Kier molecular flexibility index (Phi) is 12.9. The minimum absolute atomic E-state index is 0.0451. The van der Waals surface area contributed by atoms with E-state index in [0.29, 0.717) is 49.4 Å². The molecule has 1 spiro atoms. The molecule has 0 radical (unpaired) electrons. The SMILES string of the molecule is C[C@@H]1O[C@@H](O[C@H]2[C@H](O[C@H]3CC[C@@]4(C)C(=CC[C@H]5[C@H]6C[C@@H]7O[C@]8(CC[C@@](C)(CO[C@@H]9O[C@H](CO)[C@@H](O)[C@H](O)[C@H]9O)O8)[C@@H](C)[C@@H]7[C@@]6(C)CC[C@@H]54)C3)O[C@H](CO)[C@@H](O)[C@@H]2O)[C@H](O)[C@H](O)[C@H]1O. The molecule has 9 aliphatic rings. The third-order valence-corrected chi connectivity index (χ3v) is 17.8. The molecule has 9 rings (SSSR count). The summed E-state index contributed by atoms with van der Waals surface area (Å²) >= 11 is 0. The lowest BCUT2D eigenvalue weighted by atomic mass is 9.47. The van der Waals surface area contributed by atoms with Crippen LogP contribution in [0.3, 0.4) is 0 Å². The van der Waals surface area contributed by atoms with Crippen LogP contribution in [0.25, 0.3) is 0 Å². The van der Waals surface area contributed by atoms with E-state index < -0.39 is 117 Å². The first-order valence-electron chi connectivity index (χ1n) is 23.4. The molecule has 360 valence electrons. The fourth-order valence-corrected chi connectivity index (χ4v) is 14.1. The Morgan fingerprint density at radius 2 is 1.35 bits per heavy atom. The number of aliphatic hydroxyl groups is 10. The molecule has 8 fully saturated rings. The van der Waals surface area contributed by atoms with Gasteiger partial charge in [0, 0.05) is 12.3 Å². The van der Waals surface area contributed by atoms with Crippen molar-refractivity contribution in [3.63, 3.8) is 0 Å². The quantitative estimate of drug-likeness (QED) is 0.129. The Morgan fingerprint density at radius 1 is 0.683 bits per heavy atom. The van der Waals surface area contributed by atoms with Gasteiger partial charge < -0.3 is 89.0 Å². The zero-order chi connectivity index (χ0) is 45.1. The molecule has 0 bridgehead atoms. The van der Waals surface area contributed by atoms with Crippen molar-refractivity contribution >= 4 is 0 Å². The van der Waals surface area contributed by atoms with Crippen molar-refractivity contribution in [3.05, 3.63) is 11.6 Å². The summed E-state index contributed by atoms with van der Waals surface area (Å²) in [6.07, 6.45) is -10.8. The van der Waals surface area contributed by atoms with Gasteiger partial charge in [0.15, 0.2) is 24.7 Å². The maximum absolute atomic E-state index is 11.2. The van der Waals surface area contributed by atoms with Gasteiger partial charge in [-0.15, -0.1) is 0 Å². The molecule has 5 saturated heterocycles. The molecule has 0 aromatic rings. The van der Waals surface area contributed by atoms with E-state index in [0.717, 1.165) is 32.1 Å². The molecule has 5 aliphatic heterocycles. The van der Waals surface area contributed by atoms with Crippen molar-refractivity contribution in [2.24, 2.45) is 40.4 Å². The second-order valence-electron chi connectivity index (χ2n) is 21.4. The van der Waals surface area contributed by atoms with Crippen LogP contribution in [0.1, 0.15) is 92.4 Å². The summed E-state index contributed by atoms with van der Waals surface area (Å²) in [5.74, 6) is 1.06. The molecule has 5 heterocycles. The highest BCUT2D eigenvalue weighted by atomic mass is 16.8. The second kappa shape index (κ2) is 17.2. The van der Waals surface area contributed by atoms with Gasteiger partial charge in [-0.05, 0) is 99.7 Å². The monoisotopic (exact) mass is 900 g/mol. The van der Waals surface area contributed by atoms with Crippen LogP contribution in [0.15, 0.2) is 11.6 Å². The van der Waals surface area contributed by atoms with Gasteiger partial charge in [-0.2, -0.15) is 0 Å². The maximum Gasteiger partial charge on any atom is 0.187 e. The summed E-state index contributed by atoms with van der Waals surface area (Å²) in [6, 6.07) is 0. The van der Waals surface area contributed by atoms with Gasteiger partial charge in [-0.25, -0.2) is 0 Å². The number of allylic oxidation sites excluding steroid dienone is 1. The molecule has 3 saturated carbocycles. The molecule has 0 aromatic heterocycles. The molecular weight excluding hydrogens is 828 g/mol. The van der Waals surface area contributed by atoms with E-state index in [1.807, 2.05) is 6.92 Å². The van der Waals surface area contributed by atoms with Gasteiger partial charge in [0.05, 0.1) is 43.7 Å². The molecule has 18 nitrogen and oxygen atoms in total. The van der Waals surface area contributed by atoms with Crippen LogP contribution in [-0.2, 0) is 37.9 Å². The number of rotatable bonds is 9. The third-order valence-electron chi connectivity index (χ3n) is 17.8. The fourth-order valence-electron chi connectivity index (χ4n) is 14.1. The molecule has 0 aromatic carbocycles. The van der Waals surface area contributed by atoms with Crippen LogP contribution in [-0.4, -0.2) is 187 Å². The Bertz CT molecular complexity index is 1670. The highest BCUT2D eigenvalue weighted by Gasteiger charge is 2.70. The van der Waals surface area contributed by atoms with Gasteiger partial charge >= 0.3 is 0 Å². The fraction of sp³-hybridized carbons (Fsp3) is 0.956. The smallest absolute Gasteiger partial charge is 0.187 e. The molecule has 0 unspecified atom stereocenters. The van der Waals surface area contributed by atoms with E-state index >= 15 is 0 Å². The molecule has 0 amide bonds. The van der Waals surface area contributed by atoms with Crippen molar-refractivity contribution in [1.82, 2.24) is 0 Å². The minimum Gasteiger partial charge on any atom is -0.394 e. The molecular formula is C45H72O18. The summed E-state index contributed by atoms with van der Waals surface area (Å²) in [6.45, 7) is 9.57. The summed E-state index contributed by atoms with van der Waals surface area (Å²) in [4.78, 5) is 0. The van der Waals surface area contributed by atoms with Gasteiger partial charge in [0.1, 0.15) is 67.1 Å². The van der Waals surface area contributed by atoms with Crippen LogP contribution in [0.5, 0.6) is 0 Å². The molecule has 10 N–H and O–H groups in total. The lowest BCUT2D eigenvalue weighted by Crippen LogP contribution is -2.64. The standard InChI is InChI=1S/C45H72O18/c1-19-29-26(62-45(19)13-12-42(3,63-45)18-56-39-36(54)34(52)31(49)27(16-46)59-39)15-25-23-7-6-21-14-22(8-10-43(21,4)24(23)9-11-44(25,29)5)58-41-38(35(53)32(50)28(17-47)60-41)61-40-37(55)33(51)30(48)20(2)57-40/h6,19-20,22-41,46-55H,7-18H2,1-5H3/t19-,20-,22-,23+,24-,25+,26-,27+,28+,29-,30-,31+,32+,33+,34-,35-,36+,37+,38+,39+,40-,41+,42-,43-,44-,45-/m0/s1. The van der Waals surface area contributed by atoms with Gasteiger partial charge in [-0.1, -0.05) is 32.4 Å². The van der Waals surface area contributed by atoms with Crippen LogP contribution < -0.4 is 0 Å². The predicted molar refractivity (Wildman–Crippen MR) is 216 cm³/mol. The van der Waals surface area contributed by atoms with E-state index in [-0.39, 0.29) is 35.6 Å². The maximum atomic E-state index is 11.2. The van der Waals surface area contributed by atoms with Crippen LogP contribution >= 0.6 is 0 Å². The van der Waals surface area contributed by atoms with Crippen molar-refractivity contribution in [2.75, 3.05) is 19.8 Å². The second-order valence-corrected chi connectivity index (χ2v) is 21.4. The highest BCUT2D eigenvalue weighted by Crippen LogP contribution is 2.71. The third kappa shape index (κ3) is 7.71. The first-order valence-corrected chi connectivity index (χ1v) is 23.4. The Morgan fingerprint density at radius 3 is 2.06 bits per heavy atom. The van der Waals surface area contributed by atoms with Crippen molar-refractivity contribution in [3.8, 4) is 0 Å². The van der Waals surface area contributed by atoms with Gasteiger partial charge in [0.25, 0.3) is 0 Å². The number of fused-ring (bicyclic) bond motifs is 7. The van der Waals surface area contributed by atoms with Crippen molar-refractivity contribution in [2.45, 2.75) is 208 Å². The summed E-state index contributed by atoms with van der Waals surface area (Å²) in [7, 11) is 0. The van der Waals surface area contributed by atoms with E-state index in [2.05, 4.69) is 26.8 Å². The number of ether oxygens (including phenoxy) is 8.